The largest absolute Gasteiger partial charge is 0.482 e. The lowest BCUT2D eigenvalue weighted by Crippen LogP contribution is -2.21. The van der Waals surface area contributed by atoms with Crippen LogP contribution in [0.2, 0.25) is 0 Å². The second kappa shape index (κ2) is 8.38. The molecule has 0 radical (unpaired) electrons. The minimum atomic E-state index is -1.04. The molecule has 22 heavy (non-hydrogen) atoms. The van der Waals surface area contributed by atoms with Crippen LogP contribution in [0.3, 0.4) is 0 Å². The molecule has 6 nitrogen and oxygen atoms in total. The minimum Gasteiger partial charge on any atom is -0.482 e. The van der Waals surface area contributed by atoms with Crippen molar-refractivity contribution in [3.8, 4) is 5.75 Å². The predicted octanol–water partition coefficient (Wildman–Crippen LogP) is 2.44. The van der Waals surface area contributed by atoms with E-state index in [2.05, 4.69) is 5.32 Å². The molecular formula is C16H21NO5. The lowest BCUT2D eigenvalue weighted by atomic mass is 10.0. The Hall–Kier alpha value is -2.08. The van der Waals surface area contributed by atoms with Crippen LogP contribution < -0.4 is 10.1 Å². The molecule has 1 aliphatic heterocycles. The van der Waals surface area contributed by atoms with Crippen molar-refractivity contribution in [3.05, 3.63) is 24.3 Å². The van der Waals surface area contributed by atoms with Gasteiger partial charge in [0.15, 0.2) is 6.61 Å². The summed E-state index contributed by atoms with van der Waals surface area (Å²) in [6, 6.07) is 6.70. The van der Waals surface area contributed by atoms with Crippen molar-refractivity contribution in [2.75, 3.05) is 18.5 Å². The van der Waals surface area contributed by atoms with Gasteiger partial charge in [-0.1, -0.05) is 6.07 Å². The predicted molar refractivity (Wildman–Crippen MR) is 81.0 cm³/mol. The first-order chi connectivity index (χ1) is 10.6. The maximum absolute atomic E-state index is 11.9. The van der Waals surface area contributed by atoms with E-state index in [-0.39, 0.29) is 12.0 Å². The first-order valence-electron chi connectivity index (χ1n) is 7.49. The highest BCUT2D eigenvalue weighted by molar-refractivity contribution is 5.90. The molecule has 1 aliphatic rings. The average molecular weight is 307 g/mol. The number of benzene rings is 1. The molecule has 1 atom stereocenters. The number of carboxylic acids is 1. The Bertz CT molecular complexity index is 511. The number of aliphatic carboxylic acids is 1. The van der Waals surface area contributed by atoms with Crippen LogP contribution >= 0.6 is 0 Å². The Morgan fingerprint density at radius 2 is 2.23 bits per heavy atom. The summed E-state index contributed by atoms with van der Waals surface area (Å²) in [5.41, 5.74) is 0.595. The Morgan fingerprint density at radius 3 is 2.95 bits per heavy atom. The molecule has 0 aromatic heterocycles. The summed E-state index contributed by atoms with van der Waals surface area (Å²) in [6.07, 6.45) is 4.60. The van der Waals surface area contributed by atoms with E-state index in [0.717, 1.165) is 32.3 Å². The summed E-state index contributed by atoms with van der Waals surface area (Å²) in [7, 11) is 0. The highest BCUT2D eigenvalue weighted by Crippen LogP contribution is 2.19. The summed E-state index contributed by atoms with van der Waals surface area (Å²) in [5, 5.41) is 11.4. The van der Waals surface area contributed by atoms with Crippen LogP contribution in [0.1, 0.15) is 32.1 Å². The van der Waals surface area contributed by atoms with Gasteiger partial charge in [0, 0.05) is 24.8 Å². The van der Waals surface area contributed by atoms with E-state index in [1.54, 1.807) is 24.3 Å². The highest BCUT2D eigenvalue weighted by Gasteiger charge is 2.15. The van der Waals surface area contributed by atoms with Gasteiger partial charge in [-0.3, -0.25) is 4.79 Å². The third-order valence-electron chi connectivity index (χ3n) is 3.45. The molecule has 0 aliphatic carbocycles. The smallest absolute Gasteiger partial charge is 0.341 e. The molecule has 2 N–H and O–H groups in total. The van der Waals surface area contributed by atoms with Gasteiger partial charge in [-0.05, 0) is 37.8 Å². The van der Waals surface area contributed by atoms with Gasteiger partial charge in [0.2, 0.25) is 5.91 Å². The number of carbonyl (C=O) groups is 2. The second-order valence-electron chi connectivity index (χ2n) is 5.29. The molecule has 1 unspecified atom stereocenters. The zero-order valence-corrected chi connectivity index (χ0v) is 12.4. The summed E-state index contributed by atoms with van der Waals surface area (Å²) < 4.78 is 10.7. The monoisotopic (exact) mass is 307 g/mol. The number of carboxylic acid groups (broad SMARTS) is 1. The Balaban J connectivity index is 1.77. The van der Waals surface area contributed by atoms with Crippen LogP contribution in [0.5, 0.6) is 5.75 Å². The Labute approximate surface area is 129 Å². The van der Waals surface area contributed by atoms with E-state index in [1.165, 1.54) is 0 Å². The van der Waals surface area contributed by atoms with Gasteiger partial charge >= 0.3 is 5.97 Å². The van der Waals surface area contributed by atoms with E-state index in [1.807, 2.05) is 0 Å². The van der Waals surface area contributed by atoms with E-state index in [4.69, 9.17) is 14.6 Å². The molecule has 0 saturated carbocycles. The zero-order valence-electron chi connectivity index (χ0n) is 12.4. The van der Waals surface area contributed by atoms with Crippen molar-refractivity contribution in [2.24, 2.45) is 0 Å². The van der Waals surface area contributed by atoms with Crippen molar-refractivity contribution in [1.82, 2.24) is 0 Å². The fourth-order valence-electron chi connectivity index (χ4n) is 2.36. The fraction of sp³-hybridized carbons (Fsp3) is 0.500. The number of ether oxygens (including phenoxy) is 2. The number of amides is 1. The van der Waals surface area contributed by atoms with Crippen LogP contribution in [0.15, 0.2) is 24.3 Å². The summed E-state index contributed by atoms with van der Waals surface area (Å²) >= 11 is 0. The van der Waals surface area contributed by atoms with E-state index >= 15 is 0 Å². The standard InChI is InChI=1S/C16H21NO5/c18-15(8-7-13-5-1-2-9-21-13)17-12-4-3-6-14(10-12)22-11-16(19)20/h3-4,6,10,13H,1-2,5,7-9,11H2,(H,17,18)(H,19,20). The van der Waals surface area contributed by atoms with Gasteiger partial charge in [-0.2, -0.15) is 0 Å². The Morgan fingerprint density at radius 1 is 1.36 bits per heavy atom. The number of hydrogen-bond donors (Lipinski definition) is 2. The van der Waals surface area contributed by atoms with Crippen molar-refractivity contribution >= 4 is 17.6 Å². The van der Waals surface area contributed by atoms with Gasteiger partial charge in [0.1, 0.15) is 5.75 Å². The molecular weight excluding hydrogens is 286 g/mol. The number of hydrogen-bond acceptors (Lipinski definition) is 4. The highest BCUT2D eigenvalue weighted by atomic mass is 16.5. The lowest BCUT2D eigenvalue weighted by Gasteiger charge is -2.22. The van der Waals surface area contributed by atoms with Crippen molar-refractivity contribution in [2.45, 2.75) is 38.2 Å². The van der Waals surface area contributed by atoms with Gasteiger partial charge < -0.3 is 19.9 Å². The SMILES string of the molecule is O=C(O)COc1cccc(NC(=O)CCC2CCCCO2)c1. The first-order valence-corrected chi connectivity index (χ1v) is 7.49. The van der Waals surface area contributed by atoms with Gasteiger partial charge in [-0.15, -0.1) is 0 Å². The average Bonchev–Trinajstić information content (AvgIpc) is 2.52. The number of rotatable bonds is 7. The van der Waals surface area contributed by atoms with E-state index in [0.29, 0.717) is 17.9 Å². The normalized spacial score (nSPS) is 17.7. The molecule has 1 aromatic carbocycles. The second-order valence-corrected chi connectivity index (χ2v) is 5.29. The van der Waals surface area contributed by atoms with Crippen LogP contribution in [-0.4, -0.2) is 36.3 Å². The van der Waals surface area contributed by atoms with Crippen LogP contribution in [0.4, 0.5) is 5.69 Å². The summed E-state index contributed by atoms with van der Waals surface area (Å²) in [4.78, 5) is 22.4. The molecule has 1 aromatic rings. The summed E-state index contributed by atoms with van der Waals surface area (Å²) in [5.74, 6) is -0.706. The van der Waals surface area contributed by atoms with Crippen molar-refractivity contribution < 1.29 is 24.2 Å². The fourth-order valence-corrected chi connectivity index (χ4v) is 2.36. The van der Waals surface area contributed by atoms with Gasteiger partial charge in [-0.25, -0.2) is 4.79 Å². The van der Waals surface area contributed by atoms with Gasteiger partial charge in [0.05, 0.1) is 6.10 Å². The lowest BCUT2D eigenvalue weighted by molar-refractivity contribution is -0.139. The van der Waals surface area contributed by atoms with Crippen LogP contribution in [0, 0.1) is 0 Å². The molecule has 1 fully saturated rings. The van der Waals surface area contributed by atoms with Crippen molar-refractivity contribution in [1.29, 1.82) is 0 Å². The zero-order chi connectivity index (χ0) is 15.8. The molecule has 0 bridgehead atoms. The first kappa shape index (κ1) is 16.3. The quantitative estimate of drug-likeness (QED) is 0.808. The molecule has 2 rings (SSSR count). The molecule has 1 amide bonds. The topological polar surface area (TPSA) is 84.9 Å². The molecule has 120 valence electrons. The molecule has 1 heterocycles. The number of nitrogens with one attached hydrogen (secondary N) is 1. The molecule has 1 saturated heterocycles. The van der Waals surface area contributed by atoms with E-state index in [9.17, 15) is 9.59 Å². The minimum absolute atomic E-state index is 0.0791. The van der Waals surface area contributed by atoms with Crippen LogP contribution in [-0.2, 0) is 14.3 Å². The molecule has 6 heteroatoms. The van der Waals surface area contributed by atoms with E-state index < -0.39 is 12.6 Å². The maximum atomic E-state index is 11.9. The third-order valence-corrected chi connectivity index (χ3v) is 3.45. The van der Waals surface area contributed by atoms with Gasteiger partial charge in [0.25, 0.3) is 0 Å². The third kappa shape index (κ3) is 5.73. The maximum Gasteiger partial charge on any atom is 0.341 e. The number of carbonyl (C=O) groups excluding carboxylic acids is 1. The summed E-state index contributed by atoms with van der Waals surface area (Å²) in [6.45, 7) is 0.381. The van der Waals surface area contributed by atoms with Crippen LogP contribution in [0.25, 0.3) is 0 Å². The number of anilines is 1. The van der Waals surface area contributed by atoms with Crippen molar-refractivity contribution in [3.63, 3.8) is 0 Å². The Kier molecular flexibility index (Phi) is 6.21. The molecule has 0 spiro atoms.